The van der Waals surface area contributed by atoms with Crippen LogP contribution < -0.4 is 10.2 Å². The number of nitrogens with one attached hydrogen (secondary N) is 1. The van der Waals surface area contributed by atoms with Crippen LogP contribution in [-0.2, 0) is 18.4 Å². The number of anilines is 1. The molecule has 2 heterocycles. The van der Waals surface area contributed by atoms with Gasteiger partial charge in [-0.3, -0.25) is 9.48 Å². The number of carbonyl (C=O) groups is 1. The first-order chi connectivity index (χ1) is 11.2. The highest BCUT2D eigenvalue weighted by Gasteiger charge is 2.25. The summed E-state index contributed by atoms with van der Waals surface area (Å²) in [4.78, 5) is 14.8. The molecule has 6 heteroatoms. The Hall–Kier alpha value is -2.34. The van der Waals surface area contributed by atoms with Gasteiger partial charge >= 0.3 is 0 Å². The van der Waals surface area contributed by atoms with Gasteiger partial charge in [-0.2, -0.15) is 5.10 Å². The monoisotopic (exact) mass is 314 g/mol. The van der Waals surface area contributed by atoms with E-state index in [-0.39, 0.29) is 11.9 Å². The van der Waals surface area contributed by atoms with Crippen molar-refractivity contribution < 1.29 is 9.53 Å². The number of aromatic nitrogens is 2. The molecule has 122 valence electrons. The van der Waals surface area contributed by atoms with Gasteiger partial charge in [0.15, 0.2) is 0 Å². The highest BCUT2D eigenvalue weighted by molar-refractivity contribution is 5.95. The second kappa shape index (κ2) is 6.83. The zero-order chi connectivity index (χ0) is 16.2. The topological polar surface area (TPSA) is 59.4 Å². The van der Waals surface area contributed by atoms with Crippen LogP contribution >= 0.6 is 0 Å². The molecule has 3 rings (SSSR count). The molecule has 23 heavy (non-hydrogen) atoms. The van der Waals surface area contributed by atoms with E-state index in [0.29, 0.717) is 12.2 Å². The van der Waals surface area contributed by atoms with Crippen molar-refractivity contribution in [3.05, 3.63) is 47.8 Å². The Labute approximate surface area is 136 Å². The molecular weight excluding hydrogens is 292 g/mol. The summed E-state index contributed by atoms with van der Waals surface area (Å²) in [5.74, 6) is -0.0318. The van der Waals surface area contributed by atoms with Gasteiger partial charge in [0.1, 0.15) is 0 Å². The SMILES string of the molecule is COCc1ccccc1C(=O)N[C@H]1CCN(c2cnn(C)c2)C1. The highest BCUT2D eigenvalue weighted by atomic mass is 16.5. The molecule has 0 bridgehead atoms. The Bertz CT molecular complexity index is 683. The second-order valence-corrected chi connectivity index (χ2v) is 5.87. The summed E-state index contributed by atoms with van der Waals surface area (Å²) < 4.78 is 6.96. The van der Waals surface area contributed by atoms with Crippen LogP contribution in [0.15, 0.2) is 36.7 Å². The average Bonchev–Trinajstić information content (AvgIpc) is 3.17. The summed E-state index contributed by atoms with van der Waals surface area (Å²) in [6, 6.07) is 7.72. The van der Waals surface area contributed by atoms with E-state index >= 15 is 0 Å². The Balaban J connectivity index is 1.63. The molecule has 1 aromatic heterocycles. The minimum atomic E-state index is -0.0318. The van der Waals surface area contributed by atoms with Crippen molar-refractivity contribution in [2.24, 2.45) is 7.05 Å². The molecule has 0 aliphatic carbocycles. The molecule has 2 aromatic rings. The molecule has 0 radical (unpaired) electrons. The van der Waals surface area contributed by atoms with E-state index in [1.807, 2.05) is 43.7 Å². The van der Waals surface area contributed by atoms with Gasteiger partial charge in [-0.1, -0.05) is 18.2 Å². The number of methoxy groups -OCH3 is 1. The van der Waals surface area contributed by atoms with E-state index < -0.39 is 0 Å². The minimum absolute atomic E-state index is 0.0318. The molecule has 1 N–H and O–H groups in total. The third kappa shape index (κ3) is 3.53. The van der Waals surface area contributed by atoms with E-state index in [1.165, 1.54) is 0 Å². The summed E-state index contributed by atoms with van der Waals surface area (Å²) in [6.07, 6.45) is 4.79. The number of hydrogen-bond acceptors (Lipinski definition) is 4. The maximum absolute atomic E-state index is 12.5. The highest BCUT2D eigenvalue weighted by Crippen LogP contribution is 2.20. The number of rotatable bonds is 5. The van der Waals surface area contributed by atoms with Crippen LogP contribution in [0.2, 0.25) is 0 Å². The molecule has 1 aliphatic rings. The van der Waals surface area contributed by atoms with E-state index in [1.54, 1.807) is 11.8 Å². The molecular formula is C17H22N4O2. The molecule has 1 fully saturated rings. The second-order valence-electron chi connectivity index (χ2n) is 5.87. The van der Waals surface area contributed by atoms with Gasteiger partial charge in [-0.15, -0.1) is 0 Å². The number of ether oxygens (including phenoxy) is 1. The predicted octanol–water partition coefficient (Wildman–Crippen LogP) is 1.58. The zero-order valence-corrected chi connectivity index (χ0v) is 13.5. The lowest BCUT2D eigenvalue weighted by atomic mass is 10.1. The third-order valence-corrected chi connectivity index (χ3v) is 4.14. The normalized spacial score (nSPS) is 17.5. The van der Waals surface area contributed by atoms with E-state index in [4.69, 9.17) is 4.74 Å². The molecule has 1 amide bonds. The lowest BCUT2D eigenvalue weighted by molar-refractivity contribution is 0.0935. The number of carbonyl (C=O) groups excluding carboxylic acids is 1. The Kier molecular flexibility index (Phi) is 4.62. The summed E-state index contributed by atoms with van der Waals surface area (Å²) >= 11 is 0. The van der Waals surface area contributed by atoms with Gasteiger partial charge in [0.05, 0.1) is 18.5 Å². The molecule has 1 saturated heterocycles. The first-order valence-corrected chi connectivity index (χ1v) is 7.78. The van der Waals surface area contributed by atoms with Crippen LogP contribution in [0.25, 0.3) is 0 Å². The van der Waals surface area contributed by atoms with Crippen LogP contribution in [0.4, 0.5) is 5.69 Å². The van der Waals surface area contributed by atoms with E-state index in [9.17, 15) is 4.79 Å². The minimum Gasteiger partial charge on any atom is -0.380 e. The van der Waals surface area contributed by atoms with Crippen LogP contribution in [0.3, 0.4) is 0 Å². The van der Waals surface area contributed by atoms with Crippen LogP contribution in [0.5, 0.6) is 0 Å². The van der Waals surface area contributed by atoms with Gasteiger partial charge in [0.25, 0.3) is 5.91 Å². The molecule has 0 saturated carbocycles. The van der Waals surface area contributed by atoms with Crippen molar-refractivity contribution in [3.8, 4) is 0 Å². The number of aryl methyl sites for hydroxylation is 1. The average molecular weight is 314 g/mol. The van der Waals surface area contributed by atoms with E-state index in [0.717, 1.165) is 30.8 Å². The third-order valence-electron chi connectivity index (χ3n) is 4.14. The largest absolute Gasteiger partial charge is 0.380 e. The first kappa shape index (κ1) is 15.6. The van der Waals surface area contributed by atoms with Gasteiger partial charge in [-0.25, -0.2) is 0 Å². The van der Waals surface area contributed by atoms with Crippen LogP contribution in [0, 0.1) is 0 Å². The lowest BCUT2D eigenvalue weighted by Crippen LogP contribution is -2.37. The number of benzene rings is 1. The van der Waals surface area contributed by atoms with Crippen molar-refractivity contribution in [1.82, 2.24) is 15.1 Å². The molecule has 6 nitrogen and oxygen atoms in total. The number of nitrogens with zero attached hydrogens (tertiary/aromatic N) is 3. The van der Waals surface area contributed by atoms with Crippen molar-refractivity contribution in [1.29, 1.82) is 0 Å². The fourth-order valence-corrected chi connectivity index (χ4v) is 2.97. The maximum Gasteiger partial charge on any atom is 0.251 e. The fraction of sp³-hybridized carbons (Fsp3) is 0.412. The Morgan fingerprint density at radius 3 is 3.00 bits per heavy atom. The van der Waals surface area contributed by atoms with Gasteiger partial charge in [-0.05, 0) is 18.1 Å². The van der Waals surface area contributed by atoms with Crippen LogP contribution in [-0.4, -0.2) is 41.9 Å². The summed E-state index contributed by atoms with van der Waals surface area (Å²) in [5, 5.41) is 7.34. The maximum atomic E-state index is 12.5. The van der Waals surface area contributed by atoms with Gasteiger partial charge in [0, 0.05) is 45.0 Å². The summed E-state index contributed by atoms with van der Waals surface area (Å²) in [5.41, 5.74) is 2.70. The van der Waals surface area contributed by atoms with Gasteiger partial charge in [0.2, 0.25) is 0 Å². The molecule has 0 unspecified atom stereocenters. The fourth-order valence-electron chi connectivity index (χ4n) is 2.97. The molecule has 1 aromatic carbocycles. The number of amides is 1. The van der Waals surface area contributed by atoms with Crippen molar-refractivity contribution in [3.63, 3.8) is 0 Å². The van der Waals surface area contributed by atoms with E-state index in [2.05, 4.69) is 15.3 Å². The zero-order valence-electron chi connectivity index (χ0n) is 13.5. The Morgan fingerprint density at radius 2 is 2.26 bits per heavy atom. The van der Waals surface area contributed by atoms with Gasteiger partial charge < -0.3 is 15.0 Å². The smallest absolute Gasteiger partial charge is 0.251 e. The first-order valence-electron chi connectivity index (χ1n) is 7.78. The van der Waals surface area contributed by atoms with Crippen molar-refractivity contribution in [2.75, 3.05) is 25.1 Å². The lowest BCUT2D eigenvalue weighted by Gasteiger charge is -2.17. The quantitative estimate of drug-likeness (QED) is 0.910. The summed E-state index contributed by atoms with van der Waals surface area (Å²) in [7, 11) is 3.54. The predicted molar refractivity (Wildman–Crippen MR) is 88.4 cm³/mol. The Morgan fingerprint density at radius 1 is 1.43 bits per heavy atom. The van der Waals surface area contributed by atoms with Crippen molar-refractivity contribution >= 4 is 11.6 Å². The summed E-state index contributed by atoms with van der Waals surface area (Å²) in [6.45, 7) is 2.18. The standard InChI is InChI=1S/C17H22N4O2/c1-20-11-15(9-18-20)21-8-7-14(10-21)19-17(22)16-6-4-3-5-13(16)12-23-2/h3-6,9,11,14H,7-8,10,12H2,1-2H3,(H,19,22)/t14-/m0/s1. The molecule has 0 spiro atoms. The number of hydrogen-bond donors (Lipinski definition) is 1. The molecule has 1 atom stereocenters. The molecule has 1 aliphatic heterocycles. The van der Waals surface area contributed by atoms with Crippen LogP contribution in [0.1, 0.15) is 22.3 Å². The van der Waals surface area contributed by atoms with Crippen molar-refractivity contribution in [2.45, 2.75) is 19.1 Å².